The van der Waals surface area contributed by atoms with Gasteiger partial charge in [0, 0.05) is 22.3 Å². The third-order valence-corrected chi connectivity index (χ3v) is 18.9. The summed E-state index contributed by atoms with van der Waals surface area (Å²) in [6.07, 6.45) is 1.76. The fraction of sp³-hybridized carbons (Fsp3) is 0.361. The Morgan fingerprint density at radius 1 is 0.784 bits per heavy atom. The summed E-state index contributed by atoms with van der Waals surface area (Å²) in [6, 6.07) is 28.8. The molecule has 15 heteroatoms. The molecule has 0 heterocycles. The Balaban J connectivity index is 1.68. The molecule has 2 atom stereocenters. The quantitative estimate of drug-likeness (QED) is 0.0474. The van der Waals surface area contributed by atoms with Gasteiger partial charge in [0.05, 0.1) is 7.11 Å². The van der Waals surface area contributed by atoms with Crippen molar-refractivity contribution in [2.45, 2.75) is 51.1 Å². The molecule has 0 spiro atoms. The molecule has 3 aromatic carbocycles. The van der Waals surface area contributed by atoms with Crippen LogP contribution in [0.2, 0.25) is 0 Å². The van der Waals surface area contributed by atoms with Gasteiger partial charge in [0.2, 0.25) is 5.91 Å². The molecule has 274 valence electrons. The number of nitrogens with one attached hydrogen (secondary N) is 3. The first-order valence-corrected chi connectivity index (χ1v) is 21.9. The first-order chi connectivity index (χ1) is 24.6. The summed E-state index contributed by atoms with van der Waals surface area (Å²) in [4.78, 5) is 73.3. The molecule has 3 N–H and O–H groups in total. The average Bonchev–Trinajstić information content (AvgIpc) is 3.16. The molecule has 0 aliphatic carbocycles. The fourth-order valence-electron chi connectivity index (χ4n) is 5.69. The number of rotatable bonds is 21. The van der Waals surface area contributed by atoms with Crippen LogP contribution in [0.3, 0.4) is 0 Å². The molecular weight excluding hydrogens is 759 g/mol. The Kier molecular flexibility index (Phi) is 16.7. The van der Waals surface area contributed by atoms with Crippen molar-refractivity contribution in [3.05, 3.63) is 95.9 Å². The van der Waals surface area contributed by atoms with E-state index in [-0.39, 0.29) is 37.5 Å². The summed E-state index contributed by atoms with van der Waals surface area (Å²) in [5, 5.41) is 7.90. The zero-order chi connectivity index (χ0) is 37.1. The van der Waals surface area contributed by atoms with E-state index in [1.165, 1.54) is 15.9 Å². The van der Waals surface area contributed by atoms with Gasteiger partial charge in [0.1, 0.15) is 6.54 Å². The van der Waals surface area contributed by atoms with Crippen LogP contribution < -0.4 is 31.9 Å². The van der Waals surface area contributed by atoms with Crippen molar-refractivity contribution in [1.29, 1.82) is 0 Å². The predicted octanol–water partition coefficient (Wildman–Crippen LogP) is 4.01. The maximum atomic E-state index is 13.2. The number of carbonyl (C=O) groups is 5. The topological polar surface area (TPSA) is 169 Å². The minimum absolute atomic E-state index is 0.0760. The molecule has 0 aliphatic rings. The van der Waals surface area contributed by atoms with E-state index in [0.29, 0.717) is 24.8 Å². The van der Waals surface area contributed by atoms with Gasteiger partial charge in [-0.05, 0) is 0 Å². The van der Waals surface area contributed by atoms with Gasteiger partial charge in [0.15, 0.2) is 0 Å². The Hall–Kier alpha value is -4.13. The zero-order valence-electron chi connectivity index (χ0n) is 28.6. The number of esters is 2. The molecule has 2 unspecified atom stereocenters. The molecule has 0 aliphatic heterocycles. The van der Waals surface area contributed by atoms with Gasteiger partial charge >= 0.3 is 245 Å². The Morgan fingerprint density at radius 2 is 1.29 bits per heavy atom. The number of unbranched alkanes of at least 4 members (excludes halogenated alkanes) is 1. The van der Waals surface area contributed by atoms with E-state index in [9.17, 15) is 28.9 Å². The molecule has 0 aromatic heterocycles. The third kappa shape index (κ3) is 11.4. The number of nitrogens with zero attached hydrogens (tertiary/aromatic N) is 1. The average molecular weight is 804 g/mol. The van der Waals surface area contributed by atoms with Gasteiger partial charge in [-0.3, -0.25) is 9.59 Å². The van der Waals surface area contributed by atoms with Crippen molar-refractivity contribution in [3.63, 3.8) is 0 Å². The summed E-state index contributed by atoms with van der Waals surface area (Å²) in [6.45, 7) is 1.28. The Labute approximate surface area is 310 Å². The number of hydrogen-bond acceptors (Lipinski definition) is 10. The SMILES string of the molecule is CCOC(=O)C(CCC(=O)NC(CSN=O)C(=O)NCC(=O)OC)NC(=O)CCCCP(Br)(c1ccccc1)(c1ccccc1)c1ccccc1. The van der Waals surface area contributed by atoms with Gasteiger partial charge in [-0.2, -0.15) is 0 Å². The molecule has 3 rings (SSSR count). The molecule has 0 fully saturated rings. The number of benzene rings is 3. The molecule has 0 radical (unpaired) electrons. The second-order valence-corrected chi connectivity index (χ2v) is 21.4. The number of methoxy groups -OCH3 is 1. The summed E-state index contributed by atoms with van der Waals surface area (Å²) in [7, 11) is 1.16. The monoisotopic (exact) mass is 802 g/mol. The van der Waals surface area contributed by atoms with Crippen LogP contribution >= 0.6 is 32.7 Å². The van der Waals surface area contributed by atoms with Crippen LogP contribution in [-0.2, 0) is 33.4 Å². The normalized spacial score (nSPS) is 13.0. The van der Waals surface area contributed by atoms with E-state index in [1.54, 1.807) is 6.92 Å². The number of hydrogen-bond donors (Lipinski definition) is 3. The standard InChI is InChI=1S/C36H44BrN4O8PS/c1-3-49-36(46)30(22-23-33(43)40-31(26-51-41-47)35(45)38-25-34(44)48-2)39-32(42)21-13-14-24-50(37,27-15-7-4-8-16-27,28-17-9-5-10-18-28)29-19-11-6-12-20-29/h4-12,15-20,30-31H,3,13-14,21-26H2,1-2H3,(H,38,45)(H,39,42)(H,40,43). The number of ether oxygens (including phenoxy) is 2. The van der Waals surface area contributed by atoms with Crippen LogP contribution in [0.1, 0.15) is 39.0 Å². The third-order valence-electron chi connectivity index (χ3n) is 8.26. The van der Waals surface area contributed by atoms with Crippen LogP contribution in [0.5, 0.6) is 0 Å². The number of carbonyl (C=O) groups excluding carboxylic acids is 5. The van der Waals surface area contributed by atoms with Crippen LogP contribution in [0.4, 0.5) is 0 Å². The van der Waals surface area contributed by atoms with Gasteiger partial charge in [0.25, 0.3) is 0 Å². The van der Waals surface area contributed by atoms with E-state index in [2.05, 4.69) is 77.2 Å². The molecule has 0 bridgehead atoms. The van der Waals surface area contributed by atoms with Crippen LogP contribution in [0, 0.1) is 4.91 Å². The van der Waals surface area contributed by atoms with Crippen molar-refractivity contribution in [3.8, 4) is 0 Å². The van der Waals surface area contributed by atoms with Crippen molar-refractivity contribution in [2.24, 2.45) is 4.58 Å². The van der Waals surface area contributed by atoms with Crippen LogP contribution in [-0.4, -0.2) is 73.9 Å². The summed E-state index contributed by atoms with van der Waals surface area (Å²) >= 11 is 4.94. The van der Waals surface area contributed by atoms with Gasteiger partial charge in [-0.15, -0.1) is 4.91 Å². The fourth-order valence-corrected chi connectivity index (χ4v) is 13.9. The first-order valence-electron chi connectivity index (χ1n) is 16.5. The van der Waals surface area contributed by atoms with E-state index in [0.717, 1.165) is 13.3 Å². The molecule has 51 heavy (non-hydrogen) atoms. The maximum absolute atomic E-state index is 13.2. The zero-order valence-corrected chi connectivity index (χ0v) is 31.9. The number of halogens is 1. The summed E-state index contributed by atoms with van der Waals surface area (Å²) < 4.78 is 12.3. The molecular formula is C36H44BrN4O8PS. The second kappa shape index (κ2) is 20.7. The summed E-state index contributed by atoms with van der Waals surface area (Å²) in [5.74, 6) is -3.26. The summed E-state index contributed by atoms with van der Waals surface area (Å²) in [5.41, 5.74) is 0. The van der Waals surface area contributed by atoms with E-state index in [4.69, 9.17) is 4.74 Å². The molecule has 3 aromatic rings. The Bertz CT molecular complexity index is 1520. The van der Waals surface area contributed by atoms with Gasteiger partial charge in [-0.25, -0.2) is 0 Å². The van der Waals surface area contributed by atoms with Crippen LogP contribution in [0.25, 0.3) is 0 Å². The Morgan fingerprint density at radius 3 is 1.78 bits per heavy atom. The molecule has 0 saturated carbocycles. The van der Waals surface area contributed by atoms with Crippen molar-refractivity contribution < 1.29 is 33.4 Å². The minimum atomic E-state index is -3.16. The number of amides is 3. The van der Waals surface area contributed by atoms with Crippen molar-refractivity contribution in [2.75, 3.05) is 32.2 Å². The van der Waals surface area contributed by atoms with Crippen LogP contribution in [0.15, 0.2) is 95.6 Å². The van der Waals surface area contributed by atoms with Crippen molar-refractivity contribution in [1.82, 2.24) is 16.0 Å². The molecule has 12 nitrogen and oxygen atoms in total. The molecule has 3 amide bonds. The first kappa shape index (κ1) is 41.3. The van der Waals surface area contributed by atoms with E-state index < -0.39 is 47.7 Å². The predicted molar refractivity (Wildman–Crippen MR) is 206 cm³/mol. The van der Waals surface area contributed by atoms with Gasteiger partial charge < -0.3 is 10.1 Å². The molecule has 0 saturated heterocycles. The second-order valence-electron chi connectivity index (χ2n) is 11.6. The van der Waals surface area contributed by atoms with E-state index >= 15 is 0 Å². The van der Waals surface area contributed by atoms with Crippen molar-refractivity contribution >= 4 is 78.3 Å². The number of nitroso groups, excluding NO2 is 1. The van der Waals surface area contributed by atoms with E-state index in [1.807, 2.05) is 54.6 Å². The van der Waals surface area contributed by atoms with Gasteiger partial charge in [-0.1, -0.05) is 0 Å².